The Morgan fingerprint density at radius 2 is 1.72 bits per heavy atom. The van der Waals surface area contributed by atoms with E-state index in [1.807, 2.05) is 68.1 Å². The fourth-order valence-corrected chi connectivity index (χ4v) is 4.83. The van der Waals surface area contributed by atoms with Crippen LogP contribution >= 0.6 is 0 Å². The number of hydrogen-bond acceptors (Lipinski definition) is 4. The van der Waals surface area contributed by atoms with E-state index in [9.17, 15) is 9.59 Å². The Labute approximate surface area is 190 Å². The number of anilines is 1. The molecule has 2 fully saturated rings. The molecular weight excluding hydrogens is 402 g/mol. The van der Waals surface area contributed by atoms with E-state index in [-0.39, 0.29) is 24.1 Å². The summed E-state index contributed by atoms with van der Waals surface area (Å²) in [6.07, 6.45) is 7.20. The molecule has 6 nitrogen and oxygen atoms in total. The second-order valence-corrected chi connectivity index (χ2v) is 9.73. The van der Waals surface area contributed by atoms with Crippen LogP contribution in [0.3, 0.4) is 0 Å². The van der Waals surface area contributed by atoms with Crippen molar-refractivity contribution in [3.8, 4) is 0 Å². The average Bonchev–Trinajstić information content (AvgIpc) is 3.46. The normalized spacial score (nSPS) is 19.2. The predicted molar refractivity (Wildman–Crippen MR) is 125 cm³/mol. The van der Waals surface area contributed by atoms with Gasteiger partial charge in [0.2, 0.25) is 0 Å². The Balaban J connectivity index is 1.70. The lowest BCUT2D eigenvalue weighted by Gasteiger charge is -2.34. The Morgan fingerprint density at radius 1 is 1.00 bits per heavy atom. The van der Waals surface area contributed by atoms with Gasteiger partial charge in [-0.1, -0.05) is 37.1 Å². The van der Waals surface area contributed by atoms with E-state index < -0.39 is 5.60 Å². The minimum Gasteiger partial charge on any atom is -0.443 e. The molecule has 1 aromatic carbocycles. The molecular formula is C26H33N3O3. The van der Waals surface area contributed by atoms with Crippen LogP contribution in [-0.4, -0.2) is 40.1 Å². The first kappa shape index (κ1) is 22.3. The third-order valence-corrected chi connectivity index (χ3v) is 6.22. The highest BCUT2D eigenvalue weighted by atomic mass is 16.6. The van der Waals surface area contributed by atoms with Gasteiger partial charge in [-0.15, -0.1) is 0 Å². The zero-order valence-corrected chi connectivity index (χ0v) is 19.3. The highest BCUT2D eigenvalue weighted by Crippen LogP contribution is 2.39. The van der Waals surface area contributed by atoms with Crippen molar-refractivity contribution in [2.45, 2.75) is 77.0 Å². The summed E-state index contributed by atoms with van der Waals surface area (Å²) in [6, 6.07) is 13.3. The molecule has 1 aliphatic carbocycles. The van der Waals surface area contributed by atoms with Crippen LogP contribution in [0.4, 0.5) is 10.6 Å². The number of rotatable bonds is 4. The van der Waals surface area contributed by atoms with Gasteiger partial charge in [-0.05, 0) is 64.7 Å². The second kappa shape index (κ2) is 9.31. The van der Waals surface area contributed by atoms with Crippen molar-refractivity contribution in [2.24, 2.45) is 0 Å². The number of benzene rings is 1. The summed E-state index contributed by atoms with van der Waals surface area (Å²) in [5.74, 6) is 0.652. The summed E-state index contributed by atoms with van der Waals surface area (Å²) in [4.78, 5) is 35.0. The van der Waals surface area contributed by atoms with Crippen molar-refractivity contribution < 1.29 is 14.3 Å². The molecule has 170 valence electrons. The van der Waals surface area contributed by atoms with Gasteiger partial charge in [0.1, 0.15) is 11.4 Å². The van der Waals surface area contributed by atoms with Gasteiger partial charge in [-0.2, -0.15) is 0 Å². The van der Waals surface area contributed by atoms with Crippen LogP contribution in [0.5, 0.6) is 0 Å². The topological polar surface area (TPSA) is 62.7 Å². The Kier molecular flexibility index (Phi) is 6.49. The van der Waals surface area contributed by atoms with Gasteiger partial charge in [-0.25, -0.2) is 9.78 Å². The number of aromatic nitrogens is 1. The maximum absolute atomic E-state index is 13.3. The Hall–Kier alpha value is -2.89. The van der Waals surface area contributed by atoms with Crippen LogP contribution in [0, 0.1) is 0 Å². The first-order valence-corrected chi connectivity index (χ1v) is 11.7. The van der Waals surface area contributed by atoms with E-state index in [4.69, 9.17) is 4.74 Å². The van der Waals surface area contributed by atoms with Crippen LogP contribution in [0.1, 0.15) is 81.3 Å². The molecule has 1 aromatic heterocycles. The van der Waals surface area contributed by atoms with Gasteiger partial charge < -0.3 is 9.64 Å². The molecule has 1 saturated heterocycles. The zero-order valence-electron chi connectivity index (χ0n) is 19.3. The molecule has 0 radical (unpaired) electrons. The van der Waals surface area contributed by atoms with Crippen molar-refractivity contribution >= 4 is 17.8 Å². The number of amides is 2. The molecule has 2 aromatic rings. The summed E-state index contributed by atoms with van der Waals surface area (Å²) < 4.78 is 5.79. The van der Waals surface area contributed by atoms with E-state index in [0.29, 0.717) is 17.9 Å². The standard InChI is InChI=1S/C26H33N3O3/c1-26(2,3)32-25(31)29(20-13-7-8-14-20)23-21(15-9-17-27-23)22-16-10-18-28(22)24(30)19-11-5-4-6-12-19/h4-6,9,11-12,15,17,20,22H,7-8,10,13-14,16,18H2,1-3H3/t22-/m1/s1. The molecule has 32 heavy (non-hydrogen) atoms. The molecule has 1 aliphatic heterocycles. The van der Waals surface area contributed by atoms with E-state index in [2.05, 4.69) is 4.98 Å². The van der Waals surface area contributed by atoms with Gasteiger partial charge in [-0.3, -0.25) is 9.69 Å². The van der Waals surface area contributed by atoms with Crippen molar-refractivity contribution in [1.82, 2.24) is 9.88 Å². The molecule has 0 spiro atoms. The zero-order chi connectivity index (χ0) is 22.7. The summed E-state index contributed by atoms with van der Waals surface area (Å²) in [6.45, 7) is 6.35. The van der Waals surface area contributed by atoms with Crippen molar-refractivity contribution in [3.63, 3.8) is 0 Å². The molecule has 2 heterocycles. The van der Waals surface area contributed by atoms with Gasteiger partial charge in [0, 0.05) is 29.9 Å². The lowest BCUT2D eigenvalue weighted by atomic mass is 10.0. The molecule has 0 N–H and O–H groups in total. The second-order valence-electron chi connectivity index (χ2n) is 9.73. The fourth-order valence-electron chi connectivity index (χ4n) is 4.83. The number of hydrogen-bond donors (Lipinski definition) is 0. The van der Waals surface area contributed by atoms with Gasteiger partial charge in [0.25, 0.3) is 5.91 Å². The first-order valence-electron chi connectivity index (χ1n) is 11.7. The minimum atomic E-state index is -0.592. The smallest absolute Gasteiger partial charge is 0.416 e. The largest absolute Gasteiger partial charge is 0.443 e. The van der Waals surface area contributed by atoms with E-state index >= 15 is 0 Å². The van der Waals surface area contributed by atoms with Crippen molar-refractivity contribution in [2.75, 3.05) is 11.4 Å². The number of ether oxygens (including phenoxy) is 1. The minimum absolute atomic E-state index is 0.0209. The third-order valence-electron chi connectivity index (χ3n) is 6.22. The highest BCUT2D eigenvalue weighted by Gasteiger charge is 2.38. The SMILES string of the molecule is CC(C)(C)OC(=O)N(c1ncccc1[C@H]1CCCN1C(=O)c1ccccc1)C1CCCC1. The van der Waals surface area contributed by atoms with Crippen LogP contribution in [0.25, 0.3) is 0 Å². The molecule has 0 bridgehead atoms. The lowest BCUT2D eigenvalue weighted by molar-refractivity contribution is 0.0564. The van der Waals surface area contributed by atoms with Gasteiger partial charge in [0.15, 0.2) is 0 Å². The Morgan fingerprint density at radius 3 is 2.41 bits per heavy atom. The highest BCUT2D eigenvalue weighted by molar-refractivity contribution is 5.95. The van der Waals surface area contributed by atoms with E-state index in [0.717, 1.165) is 44.1 Å². The molecule has 4 rings (SSSR count). The van der Waals surface area contributed by atoms with Crippen LogP contribution < -0.4 is 4.90 Å². The number of nitrogens with zero attached hydrogens (tertiary/aromatic N) is 3. The van der Waals surface area contributed by atoms with Crippen LogP contribution in [0.15, 0.2) is 48.7 Å². The summed E-state index contributed by atoms with van der Waals surface area (Å²) in [7, 11) is 0. The monoisotopic (exact) mass is 435 g/mol. The fraction of sp³-hybridized carbons (Fsp3) is 0.500. The first-order chi connectivity index (χ1) is 15.3. The summed E-state index contributed by atoms with van der Waals surface area (Å²) in [5, 5.41) is 0. The molecule has 1 atom stereocenters. The maximum Gasteiger partial charge on any atom is 0.416 e. The van der Waals surface area contributed by atoms with Crippen molar-refractivity contribution in [1.29, 1.82) is 0 Å². The average molecular weight is 436 g/mol. The molecule has 1 saturated carbocycles. The Bertz CT molecular complexity index is 948. The lowest BCUT2D eigenvalue weighted by Crippen LogP contribution is -2.44. The maximum atomic E-state index is 13.3. The van der Waals surface area contributed by atoms with Gasteiger partial charge >= 0.3 is 6.09 Å². The molecule has 2 amide bonds. The predicted octanol–water partition coefficient (Wildman–Crippen LogP) is 5.74. The van der Waals surface area contributed by atoms with E-state index in [1.165, 1.54) is 0 Å². The van der Waals surface area contributed by atoms with Crippen molar-refractivity contribution in [3.05, 3.63) is 59.8 Å². The van der Waals surface area contributed by atoms with Gasteiger partial charge in [0.05, 0.1) is 6.04 Å². The number of pyridine rings is 1. The van der Waals surface area contributed by atoms with Crippen LogP contribution in [0.2, 0.25) is 0 Å². The molecule has 0 unspecified atom stereocenters. The van der Waals surface area contributed by atoms with Crippen LogP contribution in [-0.2, 0) is 4.74 Å². The quantitative estimate of drug-likeness (QED) is 0.614. The summed E-state index contributed by atoms with van der Waals surface area (Å²) >= 11 is 0. The summed E-state index contributed by atoms with van der Waals surface area (Å²) in [5.41, 5.74) is 1.02. The number of carbonyl (C=O) groups is 2. The molecule has 6 heteroatoms. The van der Waals surface area contributed by atoms with E-state index in [1.54, 1.807) is 11.1 Å². The number of likely N-dealkylation sites (tertiary alicyclic amines) is 1. The molecule has 2 aliphatic rings. The number of carbonyl (C=O) groups excluding carboxylic acids is 2. The third kappa shape index (κ3) is 4.79.